The summed E-state index contributed by atoms with van der Waals surface area (Å²) in [5.41, 5.74) is 0.788. The molecule has 1 fully saturated rings. The van der Waals surface area contributed by atoms with Crippen molar-refractivity contribution < 1.29 is 18.3 Å². The quantitative estimate of drug-likeness (QED) is 0.774. The number of hydrogen-bond donors (Lipinski definition) is 1. The van der Waals surface area contributed by atoms with Crippen molar-refractivity contribution in [1.82, 2.24) is 0 Å². The summed E-state index contributed by atoms with van der Waals surface area (Å²) in [5.74, 6) is 1.04. The van der Waals surface area contributed by atoms with Gasteiger partial charge in [-0.2, -0.15) is 8.78 Å². The summed E-state index contributed by atoms with van der Waals surface area (Å²) in [7, 11) is 1.44. The van der Waals surface area contributed by atoms with Gasteiger partial charge >= 0.3 is 6.61 Å². The van der Waals surface area contributed by atoms with Crippen LogP contribution in [-0.4, -0.2) is 20.3 Å². The number of rotatable bonds is 6. The summed E-state index contributed by atoms with van der Waals surface area (Å²) in [4.78, 5) is 0. The maximum absolute atomic E-state index is 12.4. The van der Waals surface area contributed by atoms with Crippen molar-refractivity contribution in [3.8, 4) is 11.5 Å². The van der Waals surface area contributed by atoms with Gasteiger partial charge in [0.25, 0.3) is 0 Å². The Balaban J connectivity index is 1.95. The van der Waals surface area contributed by atoms with Crippen molar-refractivity contribution in [2.45, 2.75) is 45.1 Å². The Morgan fingerprint density at radius 2 is 1.86 bits per heavy atom. The van der Waals surface area contributed by atoms with Crippen LogP contribution in [0.5, 0.6) is 11.5 Å². The molecule has 0 amide bonds. The zero-order valence-electron chi connectivity index (χ0n) is 12.4. The zero-order chi connectivity index (χ0) is 15.1. The molecule has 1 saturated carbocycles. The first kappa shape index (κ1) is 15.9. The molecule has 1 aliphatic rings. The van der Waals surface area contributed by atoms with Crippen LogP contribution in [0.25, 0.3) is 0 Å². The van der Waals surface area contributed by atoms with Crippen molar-refractivity contribution in [3.63, 3.8) is 0 Å². The lowest BCUT2D eigenvalue weighted by Crippen LogP contribution is -2.14. The third-order valence-electron chi connectivity index (χ3n) is 3.95. The van der Waals surface area contributed by atoms with Crippen LogP contribution >= 0.6 is 0 Å². The fraction of sp³-hybridized carbons (Fsp3) is 0.625. The second kappa shape index (κ2) is 8.05. The molecule has 1 N–H and O–H groups in total. The fourth-order valence-electron chi connectivity index (χ4n) is 2.80. The van der Waals surface area contributed by atoms with E-state index in [0.29, 0.717) is 11.7 Å². The lowest BCUT2D eigenvalue weighted by Gasteiger charge is -2.17. The minimum absolute atomic E-state index is 0.0679. The standard InChI is InChI=1S/C16H23F2NO2/c1-20-14-9-8-13(10-15(14)21-16(17)18)19-11-12-6-4-2-3-5-7-12/h8-10,12,16,19H,2-7,11H2,1H3. The van der Waals surface area contributed by atoms with Crippen LogP contribution in [0.2, 0.25) is 0 Å². The molecule has 21 heavy (non-hydrogen) atoms. The van der Waals surface area contributed by atoms with Crippen molar-refractivity contribution in [2.75, 3.05) is 19.0 Å². The van der Waals surface area contributed by atoms with E-state index in [2.05, 4.69) is 10.1 Å². The van der Waals surface area contributed by atoms with E-state index in [1.807, 2.05) is 6.07 Å². The van der Waals surface area contributed by atoms with E-state index in [1.54, 1.807) is 12.1 Å². The Morgan fingerprint density at radius 3 is 2.48 bits per heavy atom. The molecule has 118 valence electrons. The smallest absolute Gasteiger partial charge is 0.387 e. The Bertz CT molecular complexity index is 432. The van der Waals surface area contributed by atoms with Gasteiger partial charge in [0.2, 0.25) is 0 Å². The lowest BCUT2D eigenvalue weighted by atomic mass is 10.0. The van der Waals surface area contributed by atoms with Gasteiger partial charge in [-0.25, -0.2) is 0 Å². The monoisotopic (exact) mass is 299 g/mol. The van der Waals surface area contributed by atoms with Crippen LogP contribution in [0.4, 0.5) is 14.5 Å². The third kappa shape index (κ3) is 5.06. The summed E-state index contributed by atoms with van der Waals surface area (Å²) in [5, 5.41) is 3.33. The van der Waals surface area contributed by atoms with Gasteiger partial charge in [-0.15, -0.1) is 0 Å². The molecule has 0 spiro atoms. The number of hydrogen-bond acceptors (Lipinski definition) is 3. The van der Waals surface area contributed by atoms with E-state index in [0.717, 1.165) is 12.2 Å². The van der Waals surface area contributed by atoms with E-state index in [9.17, 15) is 8.78 Å². The summed E-state index contributed by atoms with van der Waals surface area (Å²) >= 11 is 0. The normalized spacial score (nSPS) is 16.6. The maximum atomic E-state index is 12.4. The van der Waals surface area contributed by atoms with Crippen LogP contribution in [0, 0.1) is 5.92 Å². The summed E-state index contributed by atoms with van der Waals surface area (Å²) in [6, 6.07) is 5.04. The van der Waals surface area contributed by atoms with Gasteiger partial charge in [0, 0.05) is 18.3 Å². The Hall–Kier alpha value is -1.52. The highest BCUT2D eigenvalue weighted by Gasteiger charge is 2.14. The van der Waals surface area contributed by atoms with Gasteiger partial charge in [-0.1, -0.05) is 25.7 Å². The predicted molar refractivity (Wildman–Crippen MR) is 79.3 cm³/mol. The number of nitrogens with one attached hydrogen (secondary N) is 1. The Kier molecular flexibility index (Phi) is 6.08. The number of methoxy groups -OCH3 is 1. The minimum atomic E-state index is -2.85. The van der Waals surface area contributed by atoms with Gasteiger partial charge in [0.1, 0.15) is 0 Å². The molecule has 2 rings (SSSR count). The van der Waals surface area contributed by atoms with Crippen molar-refractivity contribution in [2.24, 2.45) is 5.92 Å². The second-order valence-electron chi connectivity index (χ2n) is 5.48. The first-order valence-electron chi connectivity index (χ1n) is 7.55. The molecule has 0 radical (unpaired) electrons. The fourth-order valence-corrected chi connectivity index (χ4v) is 2.80. The topological polar surface area (TPSA) is 30.5 Å². The van der Waals surface area contributed by atoms with E-state index in [4.69, 9.17) is 4.74 Å². The molecule has 0 bridgehead atoms. The summed E-state index contributed by atoms with van der Waals surface area (Å²) in [6.07, 6.45) is 7.70. The first-order valence-corrected chi connectivity index (χ1v) is 7.55. The van der Waals surface area contributed by atoms with Gasteiger partial charge in [-0.3, -0.25) is 0 Å². The molecule has 5 heteroatoms. The second-order valence-corrected chi connectivity index (χ2v) is 5.48. The highest BCUT2D eigenvalue weighted by atomic mass is 19.3. The van der Waals surface area contributed by atoms with Gasteiger partial charge < -0.3 is 14.8 Å². The Labute approximate surface area is 124 Å². The van der Waals surface area contributed by atoms with E-state index < -0.39 is 6.61 Å². The molecule has 0 heterocycles. The summed E-state index contributed by atoms with van der Waals surface area (Å²) < 4.78 is 34.3. The molecular formula is C16H23F2NO2. The lowest BCUT2D eigenvalue weighted by molar-refractivity contribution is -0.0511. The molecule has 0 saturated heterocycles. The van der Waals surface area contributed by atoms with Crippen LogP contribution in [-0.2, 0) is 0 Å². The molecule has 3 nitrogen and oxygen atoms in total. The maximum Gasteiger partial charge on any atom is 0.387 e. The average molecular weight is 299 g/mol. The molecule has 0 unspecified atom stereocenters. The number of alkyl halides is 2. The minimum Gasteiger partial charge on any atom is -0.493 e. The largest absolute Gasteiger partial charge is 0.493 e. The average Bonchev–Trinajstić information content (AvgIpc) is 2.73. The van der Waals surface area contributed by atoms with Gasteiger partial charge in [0.15, 0.2) is 11.5 Å². The third-order valence-corrected chi connectivity index (χ3v) is 3.95. The highest BCUT2D eigenvalue weighted by molar-refractivity contribution is 5.54. The van der Waals surface area contributed by atoms with Crippen molar-refractivity contribution in [1.29, 1.82) is 0 Å². The molecule has 0 atom stereocenters. The van der Waals surface area contributed by atoms with Crippen LogP contribution in [0.1, 0.15) is 38.5 Å². The van der Waals surface area contributed by atoms with Gasteiger partial charge in [-0.05, 0) is 30.9 Å². The first-order chi connectivity index (χ1) is 10.2. The van der Waals surface area contributed by atoms with Crippen LogP contribution < -0.4 is 14.8 Å². The Morgan fingerprint density at radius 1 is 1.14 bits per heavy atom. The zero-order valence-corrected chi connectivity index (χ0v) is 12.4. The van der Waals surface area contributed by atoms with Crippen LogP contribution in [0.15, 0.2) is 18.2 Å². The van der Waals surface area contributed by atoms with E-state index in [-0.39, 0.29) is 5.75 Å². The molecular weight excluding hydrogens is 276 g/mol. The number of anilines is 1. The molecule has 1 aromatic rings. The number of ether oxygens (including phenoxy) is 2. The van der Waals surface area contributed by atoms with Crippen LogP contribution in [0.3, 0.4) is 0 Å². The summed E-state index contributed by atoms with van der Waals surface area (Å²) in [6.45, 7) is -1.98. The van der Waals surface area contributed by atoms with Crippen molar-refractivity contribution >= 4 is 5.69 Å². The number of benzene rings is 1. The number of halogens is 2. The molecule has 0 aromatic heterocycles. The van der Waals surface area contributed by atoms with E-state index in [1.165, 1.54) is 45.6 Å². The SMILES string of the molecule is COc1ccc(NCC2CCCCCC2)cc1OC(F)F. The molecule has 1 aliphatic carbocycles. The van der Waals surface area contributed by atoms with Crippen molar-refractivity contribution in [3.05, 3.63) is 18.2 Å². The highest BCUT2D eigenvalue weighted by Crippen LogP contribution is 2.32. The molecule has 1 aromatic carbocycles. The van der Waals surface area contributed by atoms with Gasteiger partial charge in [0.05, 0.1) is 7.11 Å². The molecule has 0 aliphatic heterocycles. The van der Waals surface area contributed by atoms with E-state index >= 15 is 0 Å². The predicted octanol–water partition coefficient (Wildman–Crippen LogP) is 4.68.